The molecule has 0 spiro atoms. The molecule has 0 aromatic heterocycles. The Kier molecular flexibility index (Phi) is 5.63. The van der Waals surface area contributed by atoms with Gasteiger partial charge < -0.3 is 15.3 Å². The minimum Gasteiger partial charge on any atom is -0.391 e. The van der Waals surface area contributed by atoms with Gasteiger partial charge in [0.2, 0.25) is 5.91 Å². The Balaban J connectivity index is 1.80. The number of aliphatic hydroxyl groups excluding tert-OH is 1. The maximum Gasteiger partial charge on any atom is 0.240 e. The molecule has 0 aromatic rings. The highest BCUT2D eigenvalue weighted by atomic mass is 16.3. The van der Waals surface area contributed by atoms with Gasteiger partial charge >= 0.3 is 0 Å². The fraction of sp³-hybridized carbons (Fsp3) is 0.938. The number of carbonyl (C=O) groups excluding carboxylic acids is 1. The molecule has 5 heteroatoms. The van der Waals surface area contributed by atoms with E-state index in [0.29, 0.717) is 12.5 Å². The van der Waals surface area contributed by atoms with E-state index in [4.69, 9.17) is 0 Å². The molecule has 0 aromatic carbocycles. The van der Waals surface area contributed by atoms with Crippen LogP contribution in [0.5, 0.6) is 0 Å². The van der Waals surface area contributed by atoms with Crippen LogP contribution in [0.2, 0.25) is 0 Å². The molecule has 2 fully saturated rings. The lowest BCUT2D eigenvalue weighted by molar-refractivity contribution is -0.133. The Morgan fingerprint density at radius 3 is 2.38 bits per heavy atom. The summed E-state index contributed by atoms with van der Waals surface area (Å²) in [5, 5.41) is 13.1. The number of nitrogens with one attached hydrogen (secondary N) is 1. The van der Waals surface area contributed by atoms with Crippen LogP contribution in [0.15, 0.2) is 0 Å². The van der Waals surface area contributed by atoms with E-state index in [-0.39, 0.29) is 12.0 Å². The lowest BCUT2D eigenvalue weighted by atomic mass is 9.98. The van der Waals surface area contributed by atoms with E-state index in [1.54, 1.807) is 0 Å². The van der Waals surface area contributed by atoms with E-state index in [1.165, 1.54) is 12.8 Å². The zero-order chi connectivity index (χ0) is 15.5. The normalized spacial score (nSPS) is 24.2. The van der Waals surface area contributed by atoms with Crippen LogP contribution >= 0.6 is 0 Å². The summed E-state index contributed by atoms with van der Waals surface area (Å²) in [5.74, 6) is 0.404. The van der Waals surface area contributed by atoms with Gasteiger partial charge in [-0.15, -0.1) is 0 Å². The molecule has 122 valence electrons. The summed E-state index contributed by atoms with van der Waals surface area (Å²) in [7, 11) is 2.11. The van der Waals surface area contributed by atoms with Crippen LogP contribution < -0.4 is 5.32 Å². The van der Waals surface area contributed by atoms with E-state index in [2.05, 4.69) is 22.2 Å². The van der Waals surface area contributed by atoms with Crippen LogP contribution in [0, 0.1) is 5.92 Å². The van der Waals surface area contributed by atoms with Gasteiger partial charge in [-0.05, 0) is 39.7 Å². The minimum absolute atomic E-state index is 0.0316. The Morgan fingerprint density at radius 2 is 1.81 bits per heavy atom. The van der Waals surface area contributed by atoms with Crippen molar-refractivity contribution in [3.63, 3.8) is 0 Å². The molecule has 2 rings (SSSR count). The average molecular weight is 297 g/mol. The quantitative estimate of drug-likeness (QED) is 0.783. The standard InChI is InChI=1S/C16H31N3O2/c1-16(2,19-10-8-18(3)9-11-19)15(21)17-12-14(20)13-6-4-5-7-13/h13-14,20H,4-12H2,1-3H3,(H,17,21). The van der Waals surface area contributed by atoms with Gasteiger partial charge in [-0.1, -0.05) is 12.8 Å². The van der Waals surface area contributed by atoms with Crippen LogP contribution in [0.4, 0.5) is 0 Å². The largest absolute Gasteiger partial charge is 0.391 e. The summed E-state index contributed by atoms with van der Waals surface area (Å²) in [5.41, 5.74) is -0.503. The zero-order valence-corrected chi connectivity index (χ0v) is 13.8. The molecule has 0 radical (unpaired) electrons. The number of piperazine rings is 1. The first-order chi connectivity index (χ1) is 9.91. The topological polar surface area (TPSA) is 55.8 Å². The number of hydrogen-bond donors (Lipinski definition) is 2. The predicted molar refractivity (Wildman–Crippen MR) is 84.1 cm³/mol. The van der Waals surface area contributed by atoms with Crippen molar-refractivity contribution in [1.82, 2.24) is 15.1 Å². The van der Waals surface area contributed by atoms with Crippen molar-refractivity contribution in [1.29, 1.82) is 0 Å². The van der Waals surface area contributed by atoms with E-state index in [9.17, 15) is 9.90 Å². The van der Waals surface area contributed by atoms with Gasteiger partial charge in [0.1, 0.15) is 0 Å². The second kappa shape index (κ2) is 7.07. The second-order valence-electron chi connectivity index (χ2n) is 7.17. The average Bonchev–Trinajstić information content (AvgIpc) is 2.99. The molecule has 1 saturated heterocycles. The van der Waals surface area contributed by atoms with Gasteiger partial charge in [0.25, 0.3) is 0 Å². The molecule has 1 aliphatic carbocycles. The third-order valence-corrected chi connectivity index (χ3v) is 5.27. The van der Waals surface area contributed by atoms with Crippen molar-refractivity contribution < 1.29 is 9.90 Å². The monoisotopic (exact) mass is 297 g/mol. The molecule has 2 N–H and O–H groups in total. The van der Waals surface area contributed by atoms with E-state index >= 15 is 0 Å². The number of likely N-dealkylation sites (N-methyl/N-ethyl adjacent to an activating group) is 1. The van der Waals surface area contributed by atoms with Crippen molar-refractivity contribution in [2.45, 2.75) is 51.2 Å². The molecule has 1 unspecified atom stereocenters. The highest BCUT2D eigenvalue weighted by Gasteiger charge is 2.36. The van der Waals surface area contributed by atoms with Gasteiger partial charge in [0.15, 0.2) is 0 Å². The summed E-state index contributed by atoms with van der Waals surface area (Å²) in [6.45, 7) is 8.19. The Morgan fingerprint density at radius 1 is 1.24 bits per heavy atom. The molecule has 5 nitrogen and oxygen atoms in total. The molecule has 21 heavy (non-hydrogen) atoms. The molecule has 1 saturated carbocycles. The van der Waals surface area contributed by atoms with Crippen molar-refractivity contribution in [3.05, 3.63) is 0 Å². The third kappa shape index (κ3) is 4.18. The second-order valence-corrected chi connectivity index (χ2v) is 7.17. The number of aliphatic hydroxyl groups is 1. The summed E-state index contributed by atoms with van der Waals surface area (Å²) < 4.78 is 0. The van der Waals surface area contributed by atoms with E-state index in [1.807, 2.05) is 13.8 Å². The fourth-order valence-corrected chi connectivity index (χ4v) is 3.43. The predicted octanol–water partition coefficient (Wildman–Crippen LogP) is 0.680. The van der Waals surface area contributed by atoms with Gasteiger partial charge in [-0.2, -0.15) is 0 Å². The highest BCUT2D eigenvalue weighted by Crippen LogP contribution is 2.27. The summed E-state index contributed by atoms with van der Waals surface area (Å²) in [6, 6.07) is 0. The van der Waals surface area contributed by atoms with Crippen molar-refractivity contribution in [2.75, 3.05) is 39.8 Å². The maximum atomic E-state index is 12.5. The Hall–Kier alpha value is -0.650. The molecule has 2 aliphatic rings. The third-order valence-electron chi connectivity index (χ3n) is 5.27. The lowest BCUT2D eigenvalue weighted by Gasteiger charge is -2.42. The number of hydrogen-bond acceptors (Lipinski definition) is 4. The highest BCUT2D eigenvalue weighted by molar-refractivity contribution is 5.85. The molecule has 1 aliphatic heterocycles. The molecular formula is C16H31N3O2. The van der Waals surface area contributed by atoms with Crippen LogP contribution in [0.1, 0.15) is 39.5 Å². The van der Waals surface area contributed by atoms with Crippen LogP contribution in [0.25, 0.3) is 0 Å². The molecule has 1 amide bonds. The van der Waals surface area contributed by atoms with Crippen LogP contribution in [-0.4, -0.2) is 72.2 Å². The number of carbonyl (C=O) groups is 1. The van der Waals surface area contributed by atoms with Crippen molar-refractivity contribution in [3.8, 4) is 0 Å². The van der Waals surface area contributed by atoms with Crippen molar-refractivity contribution >= 4 is 5.91 Å². The first-order valence-corrected chi connectivity index (χ1v) is 8.31. The van der Waals surface area contributed by atoms with Gasteiger partial charge in [-0.3, -0.25) is 9.69 Å². The smallest absolute Gasteiger partial charge is 0.240 e. The van der Waals surface area contributed by atoms with Gasteiger partial charge in [0, 0.05) is 32.7 Å². The summed E-state index contributed by atoms with van der Waals surface area (Å²) in [4.78, 5) is 17.0. The van der Waals surface area contributed by atoms with Gasteiger partial charge in [0.05, 0.1) is 11.6 Å². The molecule has 0 bridgehead atoms. The Bertz CT molecular complexity index is 345. The SMILES string of the molecule is CN1CCN(C(C)(C)C(=O)NCC(O)C2CCCC2)CC1. The number of amides is 1. The molecule has 1 heterocycles. The first-order valence-electron chi connectivity index (χ1n) is 8.31. The Labute approximate surface area is 128 Å². The summed E-state index contributed by atoms with van der Waals surface area (Å²) in [6.07, 6.45) is 4.22. The molecular weight excluding hydrogens is 266 g/mol. The first kappa shape index (κ1) is 16.7. The van der Waals surface area contributed by atoms with Crippen molar-refractivity contribution in [2.24, 2.45) is 5.92 Å². The summed E-state index contributed by atoms with van der Waals surface area (Å²) >= 11 is 0. The number of rotatable bonds is 5. The minimum atomic E-state index is -0.503. The van der Waals surface area contributed by atoms with E-state index < -0.39 is 5.54 Å². The van der Waals surface area contributed by atoms with Gasteiger partial charge in [-0.25, -0.2) is 0 Å². The van der Waals surface area contributed by atoms with Crippen LogP contribution in [-0.2, 0) is 4.79 Å². The zero-order valence-electron chi connectivity index (χ0n) is 13.8. The van der Waals surface area contributed by atoms with E-state index in [0.717, 1.165) is 39.0 Å². The van der Waals surface area contributed by atoms with Crippen LogP contribution in [0.3, 0.4) is 0 Å². The number of nitrogens with zero attached hydrogens (tertiary/aromatic N) is 2. The maximum absolute atomic E-state index is 12.5. The fourth-order valence-electron chi connectivity index (χ4n) is 3.43. The molecule has 1 atom stereocenters. The lowest BCUT2D eigenvalue weighted by Crippen LogP contribution is -2.60.